The van der Waals surface area contributed by atoms with Gasteiger partial charge in [-0.05, 0) is 30.5 Å². The molecule has 2 heterocycles. The first-order valence-corrected chi connectivity index (χ1v) is 10.4. The first-order valence-electron chi connectivity index (χ1n) is 10.4. The van der Waals surface area contributed by atoms with Gasteiger partial charge >= 0.3 is 6.03 Å². The van der Waals surface area contributed by atoms with E-state index in [2.05, 4.69) is 15.6 Å². The number of hydrogen-bond acceptors (Lipinski definition) is 4. The third-order valence-corrected chi connectivity index (χ3v) is 5.44. The number of nitrogens with one attached hydrogen (secondary N) is 2. The first kappa shape index (κ1) is 20.6. The quantitative estimate of drug-likeness (QED) is 0.519. The standard InChI is InChI=1S/C23H25N5O3/c29-21(24-13-15-27-16-25-18-8-4-5-9-20(18)27)11-10-19-22(30)28(23(31)26-19)14-12-17-6-2-1-3-7-17/h1-9,16,19H,10-15H2,(H,24,29)(H,26,31)/t19-/m0/s1. The fourth-order valence-electron chi connectivity index (χ4n) is 3.74. The smallest absolute Gasteiger partial charge is 0.324 e. The number of fused-ring (bicyclic) bond motifs is 1. The van der Waals surface area contributed by atoms with Gasteiger partial charge in [-0.15, -0.1) is 0 Å². The summed E-state index contributed by atoms with van der Waals surface area (Å²) in [6.07, 6.45) is 2.82. The molecule has 3 aromatic rings. The molecule has 0 radical (unpaired) electrons. The van der Waals surface area contributed by atoms with Crippen LogP contribution in [0.3, 0.4) is 0 Å². The van der Waals surface area contributed by atoms with Gasteiger partial charge in [0.1, 0.15) is 6.04 Å². The molecule has 0 unspecified atom stereocenters. The molecule has 8 heteroatoms. The number of benzene rings is 2. The molecule has 160 valence electrons. The van der Waals surface area contributed by atoms with Crippen LogP contribution < -0.4 is 10.6 Å². The number of urea groups is 1. The second-order valence-corrected chi connectivity index (χ2v) is 7.54. The lowest BCUT2D eigenvalue weighted by Crippen LogP contribution is -2.34. The van der Waals surface area contributed by atoms with Crippen LogP contribution in [0.1, 0.15) is 18.4 Å². The number of carbonyl (C=O) groups excluding carboxylic acids is 3. The van der Waals surface area contributed by atoms with Crippen LogP contribution in [0.15, 0.2) is 60.9 Å². The summed E-state index contributed by atoms with van der Waals surface area (Å²) in [5.74, 6) is -0.409. The molecule has 1 aromatic heterocycles. The van der Waals surface area contributed by atoms with E-state index in [4.69, 9.17) is 0 Å². The highest BCUT2D eigenvalue weighted by Gasteiger charge is 2.37. The van der Waals surface area contributed by atoms with E-state index in [1.165, 1.54) is 4.90 Å². The molecule has 1 fully saturated rings. The summed E-state index contributed by atoms with van der Waals surface area (Å²) in [6.45, 7) is 1.40. The number of amides is 4. The fraction of sp³-hybridized carbons (Fsp3) is 0.304. The second-order valence-electron chi connectivity index (χ2n) is 7.54. The van der Waals surface area contributed by atoms with Crippen LogP contribution in [0.2, 0.25) is 0 Å². The zero-order chi connectivity index (χ0) is 21.6. The molecular formula is C23H25N5O3. The number of imide groups is 1. The van der Waals surface area contributed by atoms with Gasteiger partial charge in [0.2, 0.25) is 5.91 Å². The van der Waals surface area contributed by atoms with E-state index < -0.39 is 12.1 Å². The predicted molar refractivity (Wildman–Crippen MR) is 116 cm³/mol. The highest BCUT2D eigenvalue weighted by molar-refractivity contribution is 6.04. The summed E-state index contributed by atoms with van der Waals surface area (Å²) in [7, 11) is 0. The first-order chi connectivity index (χ1) is 15.1. The van der Waals surface area contributed by atoms with Crippen LogP contribution in [0, 0.1) is 0 Å². The molecule has 2 N–H and O–H groups in total. The van der Waals surface area contributed by atoms with Crippen molar-refractivity contribution >= 4 is 28.9 Å². The molecule has 8 nitrogen and oxygen atoms in total. The van der Waals surface area contributed by atoms with Crippen molar-refractivity contribution in [3.05, 3.63) is 66.5 Å². The van der Waals surface area contributed by atoms with Gasteiger partial charge in [-0.25, -0.2) is 9.78 Å². The molecule has 4 rings (SSSR count). The maximum absolute atomic E-state index is 12.5. The average Bonchev–Trinajstić information content (AvgIpc) is 3.32. The Balaban J connectivity index is 1.20. The van der Waals surface area contributed by atoms with Crippen LogP contribution in [-0.2, 0) is 22.6 Å². The number of nitrogens with zero attached hydrogens (tertiary/aromatic N) is 3. The lowest BCUT2D eigenvalue weighted by molar-refractivity contribution is -0.127. The summed E-state index contributed by atoms with van der Waals surface area (Å²) in [5, 5.41) is 5.56. The Morgan fingerprint density at radius 2 is 1.81 bits per heavy atom. The van der Waals surface area contributed by atoms with E-state index >= 15 is 0 Å². The van der Waals surface area contributed by atoms with Crippen molar-refractivity contribution in [2.24, 2.45) is 0 Å². The summed E-state index contributed by atoms with van der Waals surface area (Å²) in [5.41, 5.74) is 3.00. The third kappa shape index (κ3) is 4.91. The molecule has 1 aliphatic heterocycles. The van der Waals surface area contributed by atoms with Crippen LogP contribution >= 0.6 is 0 Å². The Bertz CT molecular complexity index is 1080. The molecule has 4 amide bonds. The van der Waals surface area contributed by atoms with E-state index in [0.29, 0.717) is 26.1 Å². The number of aromatic nitrogens is 2. The number of rotatable bonds is 9. The SMILES string of the molecule is O=C(CC[C@@H]1NC(=O)N(CCc2ccccc2)C1=O)NCCn1cnc2ccccc21. The summed E-state index contributed by atoms with van der Waals surface area (Å²) < 4.78 is 1.99. The molecule has 0 aliphatic carbocycles. The molecule has 0 saturated carbocycles. The molecule has 1 atom stereocenters. The molecular weight excluding hydrogens is 394 g/mol. The minimum absolute atomic E-state index is 0.144. The van der Waals surface area contributed by atoms with Gasteiger partial charge in [0.05, 0.1) is 17.4 Å². The van der Waals surface area contributed by atoms with E-state index in [-0.39, 0.29) is 24.7 Å². The maximum atomic E-state index is 12.5. The van der Waals surface area contributed by atoms with Crippen LogP contribution in [0.5, 0.6) is 0 Å². The predicted octanol–water partition coefficient (Wildman–Crippen LogP) is 2.10. The van der Waals surface area contributed by atoms with Crippen molar-refractivity contribution < 1.29 is 14.4 Å². The van der Waals surface area contributed by atoms with Gasteiger partial charge in [-0.2, -0.15) is 0 Å². The number of carbonyl (C=O) groups is 3. The minimum Gasteiger partial charge on any atom is -0.354 e. The lowest BCUT2D eigenvalue weighted by atomic mass is 10.1. The second kappa shape index (κ2) is 9.42. The Labute approximate surface area is 180 Å². The highest BCUT2D eigenvalue weighted by atomic mass is 16.2. The van der Waals surface area contributed by atoms with E-state index in [1.54, 1.807) is 6.33 Å². The van der Waals surface area contributed by atoms with Crippen molar-refractivity contribution in [1.29, 1.82) is 0 Å². The normalized spacial score (nSPS) is 16.0. The van der Waals surface area contributed by atoms with Gasteiger partial charge in [0.25, 0.3) is 5.91 Å². The molecule has 0 bridgehead atoms. The number of hydrogen-bond donors (Lipinski definition) is 2. The Hall–Kier alpha value is -3.68. The summed E-state index contributed by atoms with van der Waals surface area (Å²) in [6, 6.07) is 16.5. The summed E-state index contributed by atoms with van der Waals surface area (Å²) in [4.78, 5) is 42.5. The summed E-state index contributed by atoms with van der Waals surface area (Å²) >= 11 is 0. The largest absolute Gasteiger partial charge is 0.354 e. The molecule has 0 spiro atoms. The van der Waals surface area contributed by atoms with E-state index in [0.717, 1.165) is 16.6 Å². The monoisotopic (exact) mass is 419 g/mol. The fourth-order valence-corrected chi connectivity index (χ4v) is 3.74. The highest BCUT2D eigenvalue weighted by Crippen LogP contribution is 2.13. The zero-order valence-electron chi connectivity index (χ0n) is 17.2. The third-order valence-electron chi connectivity index (χ3n) is 5.44. The van der Waals surface area contributed by atoms with Crippen molar-refractivity contribution in [3.63, 3.8) is 0 Å². The Morgan fingerprint density at radius 1 is 1.03 bits per heavy atom. The van der Waals surface area contributed by atoms with Crippen molar-refractivity contribution in [3.8, 4) is 0 Å². The molecule has 1 saturated heterocycles. The van der Waals surface area contributed by atoms with Crippen molar-refractivity contribution in [2.45, 2.75) is 31.8 Å². The van der Waals surface area contributed by atoms with Crippen LogP contribution in [0.25, 0.3) is 11.0 Å². The van der Waals surface area contributed by atoms with Crippen molar-refractivity contribution in [1.82, 2.24) is 25.1 Å². The van der Waals surface area contributed by atoms with Crippen LogP contribution in [0.4, 0.5) is 4.79 Å². The van der Waals surface area contributed by atoms with Gasteiger partial charge in [-0.1, -0.05) is 42.5 Å². The van der Waals surface area contributed by atoms with E-state index in [1.807, 2.05) is 59.2 Å². The molecule has 2 aromatic carbocycles. The van der Waals surface area contributed by atoms with Gasteiger partial charge < -0.3 is 15.2 Å². The Morgan fingerprint density at radius 3 is 2.65 bits per heavy atom. The molecule has 1 aliphatic rings. The lowest BCUT2D eigenvalue weighted by Gasteiger charge is -2.13. The maximum Gasteiger partial charge on any atom is 0.324 e. The number of para-hydroxylation sites is 2. The van der Waals surface area contributed by atoms with Gasteiger partial charge in [0.15, 0.2) is 0 Å². The topological polar surface area (TPSA) is 96.3 Å². The van der Waals surface area contributed by atoms with Crippen LogP contribution in [-0.4, -0.2) is 51.4 Å². The van der Waals surface area contributed by atoms with Gasteiger partial charge in [0, 0.05) is 26.1 Å². The van der Waals surface area contributed by atoms with E-state index in [9.17, 15) is 14.4 Å². The molecule has 31 heavy (non-hydrogen) atoms. The minimum atomic E-state index is -0.647. The average molecular weight is 419 g/mol. The Kier molecular flexibility index (Phi) is 6.26. The van der Waals surface area contributed by atoms with Gasteiger partial charge in [-0.3, -0.25) is 14.5 Å². The number of imidazole rings is 1. The van der Waals surface area contributed by atoms with Crippen molar-refractivity contribution in [2.75, 3.05) is 13.1 Å². The zero-order valence-corrected chi connectivity index (χ0v) is 17.2.